The van der Waals surface area contributed by atoms with Gasteiger partial charge in [0.1, 0.15) is 11.6 Å². The standard InChI is InChI=1S/C16H22F2N2O3S/c1-19-8-3-6-16(11-21)7-9-20(10-14(16)19)24(22,23)15-12(17)4-2-5-13(15)18/h2,4-5,14,21H,3,6-11H2,1H3/t14-,16-/m1/s1. The molecule has 0 bridgehead atoms. The minimum Gasteiger partial charge on any atom is -0.396 e. The molecule has 8 heteroatoms. The average Bonchev–Trinajstić information content (AvgIpc) is 2.54. The first kappa shape index (κ1) is 17.7. The SMILES string of the molecule is CN1CCC[C@]2(CO)CCN(S(=O)(=O)c3c(F)cccc3F)C[C@@H]12. The Labute approximate surface area is 140 Å². The van der Waals surface area contributed by atoms with Crippen LogP contribution in [-0.2, 0) is 10.0 Å². The molecule has 2 heterocycles. The minimum absolute atomic E-state index is 0.00997. The van der Waals surface area contributed by atoms with Gasteiger partial charge in [0.15, 0.2) is 4.90 Å². The number of nitrogens with zero attached hydrogens (tertiary/aromatic N) is 2. The number of rotatable bonds is 3. The fraction of sp³-hybridized carbons (Fsp3) is 0.625. The molecule has 0 aromatic heterocycles. The van der Waals surface area contributed by atoms with Crippen molar-refractivity contribution in [1.29, 1.82) is 0 Å². The van der Waals surface area contributed by atoms with Crippen molar-refractivity contribution in [1.82, 2.24) is 9.21 Å². The van der Waals surface area contributed by atoms with E-state index in [0.29, 0.717) is 6.42 Å². The highest BCUT2D eigenvalue weighted by atomic mass is 32.2. The highest BCUT2D eigenvalue weighted by molar-refractivity contribution is 7.89. The van der Waals surface area contributed by atoms with Crippen LogP contribution >= 0.6 is 0 Å². The average molecular weight is 360 g/mol. The molecular weight excluding hydrogens is 338 g/mol. The van der Waals surface area contributed by atoms with Crippen molar-refractivity contribution in [2.45, 2.75) is 30.2 Å². The number of aliphatic hydroxyl groups is 1. The molecule has 1 aromatic rings. The molecule has 0 spiro atoms. The minimum atomic E-state index is -4.26. The second-order valence-corrected chi connectivity index (χ2v) is 8.66. The monoisotopic (exact) mass is 360 g/mol. The molecule has 0 saturated carbocycles. The molecular formula is C16H22F2N2O3S. The molecule has 2 aliphatic rings. The van der Waals surface area contributed by atoms with Crippen LogP contribution in [0.3, 0.4) is 0 Å². The van der Waals surface area contributed by atoms with Gasteiger partial charge in [0.05, 0.1) is 6.61 Å². The highest BCUT2D eigenvalue weighted by Gasteiger charge is 2.49. The second kappa shape index (κ2) is 6.33. The van der Waals surface area contributed by atoms with Gasteiger partial charge in [-0.05, 0) is 45.0 Å². The number of likely N-dealkylation sites (N-methyl/N-ethyl adjacent to an activating group) is 1. The van der Waals surface area contributed by atoms with Gasteiger partial charge in [-0.3, -0.25) is 0 Å². The summed E-state index contributed by atoms with van der Waals surface area (Å²) >= 11 is 0. The fourth-order valence-corrected chi connectivity index (χ4v) is 5.62. The Hall–Kier alpha value is -1.09. The number of likely N-dealkylation sites (tertiary alicyclic amines) is 1. The lowest BCUT2D eigenvalue weighted by molar-refractivity contribution is -0.0508. The summed E-state index contributed by atoms with van der Waals surface area (Å²) in [7, 11) is -2.36. The van der Waals surface area contributed by atoms with Crippen LogP contribution in [0.2, 0.25) is 0 Å². The van der Waals surface area contributed by atoms with Gasteiger partial charge in [0.2, 0.25) is 10.0 Å². The summed E-state index contributed by atoms with van der Waals surface area (Å²) < 4.78 is 54.6. The normalized spacial score (nSPS) is 29.4. The third-order valence-corrected chi connectivity index (χ3v) is 7.41. The summed E-state index contributed by atoms with van der Waals surface area (Å²) in [4.78, 5) is 1.15. The molecule has 134 valence electrons. The quantitative estimate of drug-likeness (QED) is 0.886. The van der Waals surface area contributed by atoms with Gasteiger partial charge >= 0.3 is 0 Å². The lowest BCUT2D eigenvalue weighted by Crippen LogP contribution is -2.62. The van der Waals surface area contributed by atoms with Crippen molar-refractivity contribution in [3.8, 4) is 0 Å². The number of hydrogen-bond donors (Lipinski definition) is 1. The van der Waals surface area contributed by atoms with Gasteiger partial charge < -0.3 is 10.0 Å². The zero-order chi connectivity index (χ0) is 17.5. The first-order valence-corrected chi connectivity index (χ1v) is 9.51. The third-order valence-electron chi connectivity index (χ3n) is 5.49. The van der Waals surface area contributed by atoms with E-state index in [4.69, 9.17) is 0 Å². The van der Waals surface area contributed by atoms with Gasteiger partial charge in [-0.15, -0.1) is 0 Å². The molecule has 5 nitrogen and oxygen atoms in total. The predicted octanol–water partition coefficient (Wildman–Crippen LogP) is 1.43. The molecule has 24 heavy (non-hydrogen) atoms. The zero-order valence-corrected chi connectivity index (χ0v) is 14.4. The maximum absolute atomic E-state index is 14.0. The van der Waals surface area contributed by atoms with Gasteiger partial charge in [-0.25, -0.2) is 17.2 Å². The summed E-state index contributed by atoms with van der Waals surface area (Å²) in [5.41, 5.74) is -0.340. The lowest BCUT2D eigenvalue weighted by Gasteiger charge is -2.53. The fourth-order valence-electron chi connectivity index (χ4n) is 4.07. The van der Waals surface area contributed by atoms with E-state index in [1.54, 1.807) is 0 Å². The van der Waals surface area contributed by atoms with E-state index in [-0.39, 0.29) is 31.2 Å². The van der Waals surface area contributed by atoms with E-state index in [1.165, 1.54) is 0 Å². The van der Waals surface area contributed by atoms with E-state index in [9.17, 15) is 22.3 Å². The number of fused-ring (bicyclic) bond motifs is 1. The van der Waals surface area contributed by atoms with Gasteiger partial charge in [-0.1, -0.05) is 6.07 Å². The van der Waals surface area contributed by atoms with Crippen molar-refractivity contribution in [2.75, 3.05) is 33.3 Å². The lowest BCUT2D eigenvalue weighted by atomic mass is 9.69. The Balaban J connectivity index is 1.94. The first-order valence-electron chi connectivity index (χ1n) is 8.07. The van der Waals surface area contributed by atoms with Crippen LogP contribution in [0.4, 0.5) is 8.78 Å². The zero-order valence-electron chi connectivity index (χ0n) is 13.6. The van der Waals surface area contributed by atoms with Gasteiger partial charge in [0.25, 0.3) is 0 Å². The van der Waals surface area contributed by atoms with Crippen LogP contribution in [0.1, 0.15) is 19.3 Å². The van der Waals surface area contributed by atoms with Crippen molar-refractivity contribution in [3.05, 3.63) is 29.8 Å². The molecule has 2 atom stereocenters. The Morgan fingerprint density at radius 2 is 1.92 bits per heavy atom. The van der Waals surface area contributed by atoms with E-state index in [2.05, 4.69) is 0 Å². The number of halogens is 2. The van der Waals surface area contributed by atoms with E-state index in [1.807, 2.05) is 11.9 Å². The molecule has 1 aromatic carbocycles. The molecule has 2 aliphatic heterocycles. The van der Waals surface area contributed by atoms with Crippen LogP contribution in [0.25, 0.3) is 0 Å². The molecule has 0 aliphatic carbocycles. The van der Waals surface area contributed by atoms with Crippen molar-refractivity contribution < 1.29 is 22.3 Å². The molecule has 2 fully saturated rings. The second-order valence-electron chi connectivity index (χ2n) is 6.78. The summed E-state index contributed by atoms with van der Waals surface area (Å²) in [6.45, 7) is 1.09. The number of aliphatic hydroxyl groups excluding tert-OH is 1. The van der Waals surface area contributed by atoms with Crippen molar-refractivity contribution >= 4 is 10.0 Å². The number of piperidine rings is 2. The van der Waals surface area contributed by atoms with E-state index >= 15 is 0 Å². The number of sulfonamides is 1. The van der Waals surface area contributed by atoms with Crippen molar-refractivity contribution in [2.24, 2.45) is 5.41 Å². The highest BCUT2D eigenvalue weighted by Crippen LogP contribution is 2.42. The van der Waals surface area contributed by atoms with E-state index < -0.39 is 26.6 Å². The van der Waals surface area contributed by atoms with Gasteiger partial charge in [0, 0.05) is 24.5 Å². The van der Waals surface area contributed by atoms with Crippen LogP contribution in [-0.4, -0.2) is 62.1 Å². The maximum Gasteiger partial charge on any atom is 0.248 e. The Kier molecular flexibility index (Phi) is 4.67. The predicted molar refractivity (Wildman–Crippen MR) is 84.9 cm³/mol. The summed E-state index contributed by atoms with van der Waals surface area (Å²) in [5, 5.41) is 9.87. The maximum atomic E-state index is 14.0. The Bertz CT molecular complexity index is 708. The van der Waals surface area contributed by atoms with E-state index in [0.717, 1.165) is 41.9 Å². The smallest absolute Gasteiger partial charge is 0.248 e. The van der Waals surface area contributed by atoms with Crippen LogP contribution in [0.15, 0.2) is 23.1 Å². The molecule has 3 rings (SSSR count). The Morgan fingerprint density at radius 1 is 1.25 bits per heavy atom. The largest absolute Gasteiger partial charge is 0.396 e. The molecule has 0 radical (unpaired) electrons. The topological polar surface area (TPSA) is 60.9 Å². The third kappa shape index (κ3) is 2.75. The molecule has 1 N–H and O–H groups in total. The molecule has 2 saturated heterocycles. The number of benzene rings is 1. The van der Waals surface area contributed by atoms with Gasteiger partial charge in [-0.2, -0.15) is 4.31 Å². The first-order chi connectivity index (χ1) is 11.3. The molecule has 0 unspecified atom stereocenters. The van der Waals surface area contributed by atoms with Crippen LogP contribution < -0.4 is 0 Å². The van der Waals surface area contributed by atoms with Crippen molar-refractivity contribution in [3.63, 3.8) is 0 Å². The van der Waals surface area contributed by atoms with Crippen LogP contribution in [0.5, 0.6) is 0 Å². The summed E-state index contributed by atoms with van der Waals surface area (Å²) in [5.74, 6) is -2.16. The Morgan fingerprint density at radius 3 is 2.54 bits per heavy atom. The number of hydrogen-bond acceptors (Lipinski definition) is 4. The van der Waals surface area contributed by atoms with Crippen LogP contribution in [0, 0.1) is 17.0 Å². The molecule has 0 amide bonds. The summed E-state index contributed by atoms with van der Waals surface area (Å²) in [6.07, 6.45) is 2.26. The summed E-state index contributed by atoms with van der Waals surface area (Å²) in [6, 6.07) is 2.88.